The molecule has 0 radical (unpaired) electrons. The van der Waals surface area contributed by atoms with E-state index in [1.54, 1.807) is 12.1 Å². The van der Waals surface area contributed by atoms with E-state index in [0.29, 0.717) is 11.3 Å². The van der Waals surface area contributed by atoms with Gasteiger partial charge in [-0.25, -0.2) is 0 Å². The van der Waals surface area contributed by atoms with Crippen LogP contribution in [0.5, 0.6) is 0 Å². The monoisotopic (exact) mass is 294 g/mol. The molecule has 0 spiro atoms. The van der Waals surface area contributed by atoms with Crippen LogP contribution in [0.2, 0.25) is 0 Å². The number of alkyl halides is 3. The van der Waals surface area contributed by atoms with Crippen molar-refractivity contribution in [2.24, 2.45) is 10.9 Å². The number of nitrogens with two attached hydrogens (primary N) is 1. The summed E-state index contributed by atoms with van der Waals surface area (Å²) in [4.78, 5) is 3.95. The molecule has 0 bridgehead atoms. The Bertz CT molecular complexity index is 439. The van der Waals surface area contributed by atoms with Crippen molar-refractivity contribution >= 4 is 17.6 Å². The van der Waals surface area contributed by atoms with Crippen LogP contribution >= 0.6 is 11.8 Å². The van der Waals surface area contributed by atoms with E-state index in [4.69, 9.17) is 10.9 Å². The lowest BCUT2D eigenvalue weighted by atomic mass is 10.2. The van der Waals surface area contributed by atoms with Gasteiger partial charge in [0.15, 0.2) is 5.84 Å². The Hall–Kier alpha value is -1.48. The lowest BCUT2D eigenvalue weighted by Gasteiger charge is -2.09. The summed E-state index contributed by atoms with van der Waals surface area (Å²) in [7, 11) is 0. The van der Waals surface area contributed by atoms with E-state index < -0.39 is 5.51 Å². The van der Waals surface area contributed by atoms with Crippen LogP contribution in [0.15, 0.2) is 23.5 Å². The van der Waals surface area contributed by atoms with Gasteiger partial charge in [-0.3, -0.25) is 4.98 Å². The van der Waals surface area contributed by atoms with E-state index in [0.717, 1.165) is 0 Å². The van der Waals surface area contributed by atoms with Gasteiger partial charge in [-0.1, -0.05) is 11.2 Å². The van der Waals surface area contributed by atoms with Crippen molar-refractivity contribution in [3.05, 3.63) is 29.6 Å². The molecule has 0 atom stereocenters. The van der Waals surface area contributed by atoms with E-state index in [9.17, 15) is 13.2 Å². The Morgan fingerprint density at radius 1 is 1.53 bits per heavy atom. The smallest absolute Gasteiger partial charge is 0.409 e. The normalized spacial score (nSPS) is 12.7. The number of pyridine rings is 1. The van der Waals surface area contributed by atoms with Crippen LogP contribution < -0.4 is 11.1 Å². The summed E-state index contributed by atoms with van der Waals surface area (Å²) in [6.07, 6.45) is 1.48. The first kappa shape index (κ1) is 15.6. The summed E-state index contributed by atoms with van der Waals surface area (Å²) in [5.74, 6) is -0.218. The largest absolute Gasteiger partial charge is 0.441 e. The maximum atomic E-state index is 11.9. The molecule has 1 aromatic heterocycles. The Morgan fingerprint density at radius 3 is 2.89 bits per heavy atom. The topological polar surface area (TPSA) is 83.5 Å². The van der Waals surface area contributed by atoms with E-state index in [1.165, 1.54) is 6.20 Å². The number of nitrogens with zero attached hydrogens (tertiary/aromatic N) is 2. The van der Waals surface area contributed by atoms with Crippen LogP contribution in [0.4, 0.5) is 13.2 Å². The van der Waals surface area contributed by atoms with Crippen molar-refractivity contribution in [3.63, 3.8) is 0 Å². The highest BCUT2D eigenvalue weighted by atomic mass is 32.2. The number of thioether (sulfide) groups is 1. The number of oxime groups is 1. The van der Waals surface area contributed by atoms with Gasteiger partial charge < -0.3 is 16.3 Å². The average Bonchev–Trinajstić information content (AvgIpc) is 2.36. The molecule has 0 fully saturated rings. The van der Waals surface area contributed by atoms with Crippen LogP contribution in [-0.4, -0.2) is 33.8 Å². The van der Waals surface area contributed by atoms with Gasteiger partial charge in [0.2, 0.25) is 0 Å². The second-order valence-electron chi connectivity index (χ2n) is 3.47. The van der Waals surface area contributed by atoms with Crippen LogP contribution in [0, 0.1) is 0 Å². The molecule has 1 aromatic rings. The molecule has 1 rings (SSSR count). The molecule has 0 unspecified atom stereocenters. The first-order chi connectivity index (χ1) is 8.94. The second-order valence-corrected chi connectivity index (χ2v) is 4.63. The van der Waals surface area contributed by atoms with Crippen LogP contribution in [0.25, 0.3) is 0 Å². The van der Waals surface area contributed by atoms with Crippen molar-refractivity contribution < 1.29 is 18.4 Å². The number of aromatic nitrogens is 1. The third-order valence-electron chi connectivity index (χ3n) is 2.10. The predicted molar refractivity (Wildman–Crippen MR) is 67.0 cm³/mol. The Morgan fingerprint density at radius 2 is 2.26 bits per heavy atom. The molecule has 0 saturated heterocycles. The molecule has 0 aliphatic rings. The minimum absolute atomic E-state index is 0.0807. The van der Waals surface area contributed by atoms with Gasteiger partial charge >= 0.3 is 5.51 Å². The molecule has 0 amide bonds. The summed E-state index contributed by atoms with van der Waals surface area (Å²) in [6, 6.07) is 3.36. The summed E-state index contributed by atoms with van der Waals surface area (Å²) < 4.78 is 35.7. The SMILES string of the molecule is N/C(=N/O)c1ncccc1CNCCSC(F)(F)F. The molecular weight excluding hydrogens is 281 g/mol. The van der Waals surface area contributed by atoms with Crippen molar-refractivity contribution in [1.82, 2.24) is 10.3 Å². The Balaban J connectivity index is 2.46. The molecule has 0 saturated carbocycles. The van der Waals surface area contributed by atoms with Gasteiger partial charge in [-0.05, 0) is 23.4 Å². The lowest BCUT2D eigenvalue weighted by molar-refractivity contribution is -0.0327. The maximum absolute atomic E-state index is 11.9. The number of halogens is 3. The average molecular weight is 294 g/mol. The number of amidine groups is 1. The van der Waals surface area contributed by atoms with Crippen LogP contribution in [0.3, 0.4) is 0 Å². The highest BCUT2D eigenvalue weighted by Crippen LogP contribution is 2.29. The van der Waals surface area contributed by atoms with Gasteiger partial charge in [-0.2, -0.15) is 13.2 Å². The molecular formula is C10H13F3N4OS. The molecule has 0 aromatic carbocycles. The number of rotatable bonds is 6. The highest BCUT2D eigenvalue weighted by Gasteiger charge is 2.27. The first-order valence-electron chi connectivity index (χ1n) is 5.27. The molecule has 9 heteroatoms. The zero-order valence-electron chi connectivity index (χ0n) is 9.81. The quantitative estimate of drug-likeness (QED) is 0.243. The lowest BCUT2D eigenvalue weighted by Crippen LogP contribution is -2.23. The molecule has 5 nitrogen and oxygen atoms in total. The van der Waals surface area contributed by atoms with Gasteiger partial charge in [0, 0.05) is 25.0 Å². The van der Waals surface area contributed by atoms with Crippen molar-refractivity contribution in [2.75, 3.05) is 12.3 Å². The summed E-state index contributed by atoms with van der Waals surface area (Å²) in [5.41, 5.74) is 2.18. The standard InChI is InChI=1S/C10H13F3N4OS/c11-10(12,13)19-5-4-15-6-7-2-1-3-16-8(7)9(14)17-18/h1-3,15,18H,4-6H2,(H2,14,17). The second kappa shape index (κ2) is 7.19. The number of hydrogen-bond donors (Lipinski definition) is 3. The summed E-state index contributed by atoms with van der Waals surface area (Å²) in [6.45, 7) is 0.479. The molecule has 1 heterocycles. The fraction of sp³-hybridized carbons (Fsp3) is 0.400. The van der Waals surface area contributed by atoms with Gasteiger partial charge in [0.1, 0.15) is 5.69 Å². The fourth-order valence-corrected chi connectivity index (χ4v) is 1.80. The first-order valence-corrected chi connectivity index (χ1v) is 6.26. The van der Waals surface area contributed by atoms with Gasteiger partial charge in [0.25, 0.3) is 0 Å². The highest BCUT2D eigenvalue weighted by molar-refractivity contribution is 8.00. The molecule has 4 N–H and O–H groups in total. The Labute approximate surface area is 112 Å². The van der Waals surface area contributed by atoms with E-state index in [-0.39, 0.29) is 36.4 Å². The van der Waals surface area contributed by atoms with Crippen LogP contribution in [0.1, 0.15) is 11.3 Å². The molecule has 0 aliphatic heterocycles. The van der Waals surface area contributed by atoms with Crippen molar-refractivity contribution in [1.29, 1.82) is 0 Å². The zero-order chi connectivity index (χ0) is 14.3. The predicted octanol–water partition coefficient (Wildman–Crippen LogP) is 1.52. The molecule has 19 heavy (non-hydrogen) atoms. The number of hydrogen-bond acceptors (Lipinski definition) is 5. The third-order valence-corrected chi connectivity index (χ3v) is 2.84. The summed E-state index contributed by atoms with van der Waals surface area (Å²) in [5, 5.41) is 14.3. The van der Waals surface area contributed by atoms with E-state index >= 15 is 0 Å². The van der Waals surface area contributed by atoms with Crippen molar-refractivity contribution in [2.45, 2.75) is 12.1 Å². The third kappa shape index (κ3) is 5.79. The zero-order valence-corrected chi connectivity index (χ0v) is 10.6. The van der Waals surface area contributed by atoms with Gasteiger partial charge in [0.05, 0.1) is 0 Å². The molecule has 0 aliphatic carbocycles. The van der Waals surface area contributed by atoms with E-state index in [1.807, 2.05) is 0 Å². The van der Waals surface area contributed by atoms with Crippen LogP contribution in [-0.2, 0) is 6.54 Å². The molecule has 106 valence electrons. The Kier molecular flexibility index (Phi) is 5.90. The minimum Gasteiger partial charge on any atom is -0.409 e. The van der Waals surface area contributed by atoms with E-state index in [2.05, 4.69) is 15.5 Å². The summed E-state index contributed by atoms with van der Waals surface area (Å²) >= 11 is -0.0828. The van der Waals surface area contributed by atoms with Crippen molar-refractivity contribution in [3.8, 4) is 0 Å². The fourth-order valence-electron chi connectivity index (χ4n) is 1.32. The maximum Gasteiger partial charge on any atom is 0.441 e. The minimum atomic E-state index is -4.21. The number of nitrogens with one attached hydrogen (secondary N) is 1. The van der Waals surface area contributed by atoms with Gasteiger partial charge in [-0.15, -0.1) is 0 Å².